The zero-order valence-electron chi connectivity index (χ0n) is 5.43. The fraction of sp³-hybridized carbons (Fsp3) is 1.00. The van der Waals surface area contributed by atoms with Gasteiger partial charge in [0.25, 0.3) is 0 Å². The number of hydrogen-bond acceptors (Lipinski definition) is 0. The highest BCUT2D eigenvalue weighted by Gasteiger charge is 2.88. The van der Waals surface area contributed by atoms with Gasteiger partial charge in [-0.15, -0.1) is 23.2 Å². The van der Waals surface area contributed by atoms with Gasteiger partial charge in [0.15, 0.2) is 0 Å². The maximum Gasteiger partial charge on any atom is 0.125 e. The van der Waals surface area contributed by atoms with Crippen LogP contribution in [0.15, 0.2) is 0 Å². The molecule has 0 aromatic rings. The summed E-state index contributed by atoms with van der Waals surface area (Å²) in [5.74, 6) is 5.67. The second-order valence-corrected chi connectivity index (χ2v) is 5.88. The molecule has 0 aromatic heterocycles. The largest absolute Gasteiger partial charge is 0.125 e. The first-order valence-corrected chi connectivity index (χ1v) is 4.86. The molecule has 4 saturated carbocycles. The van der Waals surface area contributed by atoms with Crippen molar-refractivity contribution in [3.05, 3.63) is 0 Å². The maximum absolute atomic E-state index is 6.11. The van der Waals surface area contributed by atoms with Gasteiger partial charge in [-0.05, 0) is 36.0 Å². The van der Waals surface area contributed by atoms with Crippen LogP contribution < -0.4 is 0 Å². The standard InChI is InChI=1S/C8H8Cl2/c9-8(10)3-1-2-4-5(2)6(4)7(3)8/h2-7H,1H2/t2?,3-,4+,5?,6?,7-/m0/s1. The lowest BCUT2D eigenvalue weighted by molar-refractivity contribution is 0.319. The Labute approximate surface area is 69.9 Å². The molecular weight excluding hydrogens is 167 g/mol. The molecule has 0 saturated heterocycles. The van der Waals surface area contributed by atoms with Gasteiger partial charge in [-0.2, -0.15) is 0 Å². The number of fused-ring (bicyclic) bond motifs is 4. The monoisotopic (exact) mass is 174 g/mol. The zero-order chi connectivity index (χ0) is 6.67. The van der Waals surface area contributed by atoms with E-state index in [1.54, 1.807) is 0 Å². The molecule has 0 N–H and O–H groups in total. The summed E-state index contributed by atoms with van der Waals surface area (Å²) in [4.78, 5) is 0. The highest BCUT2D eigenvalue weighted by Crippen LogP contribution is 2.90. The topological polar surface area (TPSA) is 0 Å². The van der Waals surface area contributed by atoms with Gasteiger partial charge in [-0.1, -0.05) is 0 Å². The molecule has 0 aliphatic heterocycles. The van der Waals surface area contributed by atoms with Gasteiger partial charge < -0.3 is 0 Å². The number of halogens is 2. The van der Waals surface area contributed by atoms with Gasteiger partial charge in [-0.3, -0.25) is 0 Å². The second kappa shape index (κ2) is 1.08. The van der Waals surface area contributed by atoms with Gasteiger partial charge in [0.1, 0.15) is 4.33 Å². The van der Waals surface area contributed by atoms with E-state index < -0.39 is 0 Å². The van der Waals surface area contributed by atoms with Crippen molar-refractivity contribution in [3.8, 4) is 0 Å². The van der Waals surface area contributed by atoms with E-state index in [0.717, 1.165) is 29.6 Å². The molecule has 0 amide bonds. The van der Waals surface area contributed by atoms with E-state index in [1.807, 2.05) is 0 Å². The van der Waals surface area contributed by atoms with E-state index in [2.05, 4.69) is 0 Å². The smallest absolute Gasteiger partial charge is 0.101 e. The molecule has 0 nitrogen and oxygen atoms in total. The average Bonchev–Trinajstić information content (AvgIpc) is 2.73. The number of rotatable bonds is 0. The molecule has 2 heteroatoms. The summed E-state index contributed by atoms with van der Waals surface area (Å²) >= 11 is 12.2. The fourth-order valence-electron chi connectivity index (χ4n) is 3.57. The van der Waals surface area contributed by atoms with Crippen LogP contribution in [0.2, 0.25) is 0 Å². The van der Waals surface area contributed by atoms with Crippen molar-refractivity contribution in [1.82, 2.24) is 0 Å². The van der Waals surface area contributed by atoms with Crippen molar-refractivity contribution < 1.29 is 0 Å². The molecule has 4 aliphatic carbocycles. The molecule has 0 spiro atoms. The molecule has 0 bridgehead atoms. The molecule has 4 fully saturated rings. The molecule has 10 heavy (non-hydrogen) atoms. The summed E-state index contributed by atoms with van der Waals surface area (Å²) in [7, 11) is 0. The molecular formula is C8H8Cl2. The molecule has 4 rings (SSSR count). The van der Waals surface area contributed by atoms with Crippen molar-refractivity contribution in [2.24, 2.45) is 35.5 Å². The fourth-order valence-corrected chi connectivity index (χ4v) is 4.49. The molecule has 0 aromatic carbocycles. The van der Waals surface area contributed by atoms with Gasteiger partial charge in [0.05, 0.1) is 0 Å². The summed E-state index contributed by atoms with van der Waals surface area (Å²) in [6.07, 6.45) is 1.35. The van der Waals surface area contributed by atoms with Crippen LogP contribution in [-0.4, -0.2) is 4.33 Å². The molecule has 54 valence electrons. The summed E-state index contributed by atoms with van der Waals surface area (Å²) in [5.41, 5.74) is 0. The minimum absolute atomic E-state index is 0.275. The number of hydrogen-bond donors (Lipinski definition) is 0. The van der Waals surface area contributed by atoms with Crippen molar-refractivity contribution in [2.75, 3.05) is 0 Å². The van der Waals surface area contributed by atoms with Crippen LogP contribution in [0.5, 0.6) is 0 Å². The first-order chi connectivity index (χ1) is 4.73. The minimum Gasteiger partial charge on any atom is -0.101 e. The van der Waals surface area contributed by atoms with E-state index in [0.29, 0.717) is 5.92 Å². The Morgan fingerprint density at radius 2 is 1.80 bits per heavy atom. The average molecular weight is 175 g/mol. The van der Waals surface area contributed by atoms with Crippen LogP contribution in [0.4, 0.5) is 0 Å². The van der Waals surface area contributed by atoms with Crippen molar-refractivity contribution in [2.45, 2.75) is 10.8 Å². The highest BCUT2D eigenvalue weighted by atomic mass is 35.5. The first-order valence-electron chi connectivity index (χ1n) is 4.11. The predicted molar refractivity (Wildman–Crippen MR) is 40.0 cm³/mol. The summed E-state index contributed by atoms with van der Waals surface area (Å²) in [6.45, 7) is 0. The van der Waals surface area contributed by atoms with Gasteiger partial charge >= 0.3 is 0 Å². The SMILES string of the molecule is ClC1(Cl)[C@@H]2C3C4C(C[C@@H]21)[C@H]43. The Hall–Kier alpha value is 0.580. The van der Waals surface area contributed by atoms with Crippen LogP contribution >= 0.6 is 23.2 Å². The molecule has 4 aliphatic rings. The normalized spacial score (nSPS) is 77.4. The lowest BCUT2D eigenvalue weighted by atomic mass is 9.89. The lowest BCUT2D eigenvalue weighted by Crippen LogP contribution is -2.11. The molecule has 6 atom stereocenters. The first kappa shape index (κ1) is 5.27. The van der Waals surface area contributed by atoms with E-state index in [9.17, 15) is 0 Å². The van der Waals surface area contributed by atoms with Crippen LogP contribution in [0.1, 0.15) is 6.42 Å². The summed E-state index contributed by atoms with van der Waals surface area (Å²) < 4.78 is -0.275. The van der Waals surface area contributed by atoms with Crippen molar-refractivity contribution in [1.29, 1.82) is 0 Å². The van der Waals surface area contributed by atoms with Crippen molar-refractivity contribution >= 4 is 23.2 Å². The van der Waals surface area contributed by atoms with Gasteiger partial charge in [0, 0.05) is 5.92 Å². The molecule has 0 radical (unpaired) electrons. The Morgan fingerprint density at radius 3 is 2.30 bits per heavy atom. The van der Waals surface area contributed by atoms with E-state index in [-0.39, 0.29) is 4.33 Å². The van der Waals surface area contributed by atoms with Crippen molar-refractivity contribution in [3.63, 3.8) is 0 Å². The minimum atomic E-state index is -0.275. The number of alkyl halides is 2. The van der Waals surface area contributed by atoms with Crippen LogP contribution in [0.3, 0.4) is 0 Å². The molecule has 0 heterocycles. The van der Waals surface area contributed by atoms with E-state index in [1.165, 1.54) is 6.42 Å². The Balaban J connectivity index is 1.79. The van der Waals surface area contributed by atoms with E-state index >= 15 is 0 Å². The summed E-state index contributed by atoms with van der Waals surface area (Å²) in [5, 5.41) is 0. The van der Waals surface area contributed by atoms with Crippen LogP contribution in [-0.2, 0) is 0 Å². The van der Waals surface area contributed by atoms with Gasteiger partial charge in [0.2, 0.25) is 0 Å². The Bertz CT molecular complexity index is 219. The summed E-state index contributed by atoms with van der Waals surface area (Å²) in [6, 6.07) is 0. The highest BCUT2D eigenvalue weighted by molar-refractivity contribution is 6.51. The zero-order valence-corrected chi connectivity index (χ0v) is 6.94. The third-order valence-corrected chi connectivity index (χ3v) is 5.31. The quantitative estimate of drug-likeness (QED) is 0.495. The Morgan fingerprint density at radius 1 is 1.10 bits per heavy atom. The third kappa shape index (κ3) is 0.331. The van der Waals surface area contributed by atoms with Crippen LogP contribution in [0.25, 0.3) is 0 Å². The third-order valence-electron chi connectivity index (χ3n) is 4.24. The predicted octanol–water partition coefficient (Wildman–Crippen LogP) is 2.30. The van der Waals surface area contributed by atoms with Gasteiger partial charge in [-0.25, -0.2) is 0 Å². The maximum atomic E-state index is 6.11. The van der Waals surface area contributed by atoms with E-state index in [4.69, 9.17) is 23.2 Å². The Kier molecular flexibility index (Phi) is 0.567. The lowest BCUT2D eigenvalue weighted by Gasteiger charge is -2.15. The second-order valence-electron chi connectivity index (χ2n) is 4.44. The van der Waals surface area contributed by atoms with Crippen LogP contribution in [0, 0.1) is 35.5 Å². The molecule has 3 unspecified atom stereocenters.